The van der Waals surface area contributed by atoms with Crippen LogP contribution in [0.3, 0.4) is 0 Å². The third kappa shape index (κ3) is 3.79. The molecular formula is C23H24N2O3. The first-order valence-corrected chi connectivity index (χ1v) is 9.52. The van der Waals surface area contributed by atoms with Crippen LogP contribution in [0.2, 0.25) is 0 Å². The Morgan fingerprint density at radius 2 is 1.71 bits per heavy atom. The lowest BCUT2D eigenvalue weighted by atomic mass is 9.73. The molecule has 5 heteroatoms. The number of rotatable bonds is 4. The van der Waals surface area contributed by atoms with Crippen LogP contribution in [0.1, 0.15) is 43.9 Å². The zero-order valence-corrected chi connectivity index (χ0v) is 16.1. The van der Waals surface area contributed by atoms with Gasteiger partial charge in [0.25, 0.3) is 0 Å². The van der Waals surface area contributed by atoms with Gasteiger partial charge in [0.1, 0.15) is 12.4 Å². The SMILES string of the molecule is CC1(C)CC(=O)C2=C(C1)NC(=O)N[C@@H]2c1ccc(OCc2ccccc2)cc1. The molecule has 2 N–H and O–H groups in total. The molecule has 1 heterocycles. The molecular weight excluding hydrogens is 352 g/mol. The smallest absolute Gasteiger partial charge is 0.319 e. The average Bonchev–Trinajstić information content (AvgIpc) is 2.65. The molecule has 5 nitrogen and oxygen atoms in total. The van der Waals surface area contributed by atoms with Crippen molar-refractivity contribution in [1.29, 1.82) is 0 Å². The molecule has 0 saturated heterocycles. The van der Waals surface area contributed by atoms with Gasteiger partial charge in [-0.25, -0.2) is 4.79 Å². The van der Waals surface area contributed by atoms with E-state index in [0.29, 0.717) is 25.0 Å². The minimum absolute atomic E-state index is 0.0909. The van der Waals surface area contributed by atoms with Crippen molar-refractivity contribution in [2.24, 2.45) is 5.41 Å². The van der Waals surface area contributed by atoms with Gasteiger partial charge in [0.2, 0.25) is 0 Å². The van der Waals surface area contributed by atoms with Crippen molar-refractivity contribution in [1.82, 2.24) is 10.6 Å². The Balaban J connectivity index is 1.54. The minimum Gasteiger partial charge on any atom is -0.489 e. The number of ether oxygens (including phenoxy) is 1. The summed E-state index contributed by atoms with van der Waals surface area (Å²) in [5.41, 5.74) is 3.27. The minimum atomic E-state index is -0.421. The Kier molecular flexibility index (Phi) is 4.67. The first-order valence-electron chi connectivity index (χ1n) is 9.52. The van der Waals surface area contributed by atoms with Crippen molar-refractivity contribution in [2.45, 2.75) is 39.3 Å². The van der Waals surface area contributed by atoms with E-state index in [2.05, 4.69) is 24.5 Å². The van der Waals surface area contributed by atoms with E-state index in [0.717, 1.165) is 22.6 Å². The van der Waals surface area contributed by atoms with Crippen molar-refractivity contribution in [3.8, 4) is 5.75 Å². The van der Waals surface area contributed by atoms with Crippen LogP contribution in [0.5, 0.6) is 5.75 Å². The van der Waals surface area contributed by atoms with E-state index in [1.54, 1.807) is 0 Å². The number of ketones is 1. The molecule has 0 fully saturated rings. The van der Waals surface area contributed by atoms with Crippen molar-refractivity contribution in [2.75, 3.05) is 0 Å². The number of amides is 2. The molecule has 2 amide bonds. The number of nitrogens with one attached hydrogen (secondary N) is 2. The summed E-state index contributed by atoms with van der Waals surface area (Å²) in [6, 6.07) is 16.9. The first kappa shape index (κ1) is 18.3. The summed E-state index contributed by atoms with van der Waals surface area (Å²) < 4.78 is 5.83. The second kappa shape index (κ2) is 7.15. The van der Waals surface area contributed by atoms with Gasteiger partial charge in [0, 0.05) is 17.7 Å². The fraction of sp³-hybridized carbons (Fsp3) is 0.304. The molecule has 1 aliphatic carbocycles. The van der Waals surface area contributed by atoms with E-state index in [4.69, 9.17) is 4.74 Å². The van der Waals surface area contributed by atoms with Crippen molar-refractivity contribution in [3.05, 3.63) is 77.0 Å². The number of allylic oxidation sites excluding steroid dienone is 1. The number of carbonyl (C=O) groups is 2. The van der Waals surface area contributed by atoms with Gasteiger partial charge < -0.3 is 15.4 Å². The number of hydrogen-bond acceptors (Lipinski definition) is 3. The Hall–Kier alpha value is -3.08. The molecule has 0 spiro atoms. The molecule has 4 rings (SSSR count). The van der Waals surface area contributed by atoms with Crippen LogP contribution in [0.4, 0.5) is 4.79 Å². The predicted molar refractivity (Wildman–Crippen MR) is 107 cm³/mol. The number of urea groups is 1. The normalized spacial score (nSPS) is 20.9. The van der Waals surface area contributed by atoms with E-state index >= 15 is 0 Å². The molecule has 2 aromatic carbocycles. The maximum Gasteiger partial charge on any atom is 0.319 e. The zero-order valence-electron chi connectivity index (χ0n) is 16.1. The zero-order chi connectivity index (χ0) is 19.7. The largest absolute Gasteiger partial charge is 0.489 e. The lowest BCUT2D eigenvalue weighted by Gasteiger charge is -2.38. The van der Waals surface area contributed by atoms with Crippen LogP contribution in [0.15, 0.2) is 65.9 Å². The number of benzene rings is 2. The lowest BCUT2D eigenvalue weighted by Crippen LogP contribution is -2.48. The highest BCUT2D eigenvalue weighted by Gasteiger charge is 2.40. The van der Waals surface area contributed by atoms with Crippen molar-refractivity contribution < 1.29 is 14.3 Å². The second-order valence-corrected chi connectivity index (χ2v) is 8.21. The standard InChI is InChI=1S/C23H24N2O3/c1-23(2)12-18-20(19(26)13-23)21(25-22(27)24-18)16-8-10-17(11-9-16)28-14-15-6-4-3-5-7-15/h3-11,21H,12-14H2,1-2H3,(H2,24,25,27)/t21-/m1/s1. The third-order valence-electron chi connectivity index (χ3n) is 5.21. The summed E-state index contributed by atoms with van der Waals surface area (Å²) >= 11 is 0. The Labute approximate surface area is 164 Å². The summed E-state index contributed by atoms with van der Waals surface area (Å²) in [6.07, 6.45) is 1.18. The van der Waals surface area contributed by atoms with Gasteiger partial charge in [-0.15, -0.1) is 0 Å². The highest BCUT2D eigenvalue weighted by molar-refractivity contribution is 6.01. The van der Waals surface area contributed by atoms with Crippen LogP contribution in [-0.2, 0) is 11.4 Å². The number of carbonyl (C=O) groups excluding carboxylic acids is 2. The lowest BCUT2D eigenvalue weighted by molar-refractivity contribution is -0.118. The summed E-state index contributed by atoms with van der Waals surface area (Å²) in [4.78, 5) is 24.9. The Morgan fingerprint density at radius 1 is 1.00 bits per heavy atom. The highest BCUT2D eigenvalue weighted by atomic mass is 16.5. The fourth-order valence-electron chi connectivity index (χ4n) is 3.90. The van der Waals surface area contributed by atoms with Crippen LogP contribution in [-0.4, -0.2) is 11.8 Å². The van der Waals surface area contributed by atoms with E-state index in [1.807, 2.05) is 54.6 Å². The summed E-state index contributed by atoms with van der Waals surface area (Å²) in [7, 11) is 0. The summed E-state index contributed by atoms with van der Waals surface area (Å²) in [5.74, 6) is 0.839. The Bertz CT molecular complexity index is 930. The Morgan fingerprint density at radius 3 is 2.43 bits per heavy atom. The molecule has 144 valence electrons. The van der Waals surface area contributed by atoms with E-state index < -0.39 is 6.04 Å². The van der Waals surface area contributed by atoms with Crippen molar-refractivity contribution in [3.63, 3.8) is 0 Å². The van der Waals surface area contributed by atoms with E-state index in [9.17, 15) is 9.59 Å². The van der Waals surface area contributed by atoms with Crippen LogP contribution in [0, 0.1) is 5.41 Å². The van der Waals surface area contributed by atoms with Gasteiger partial charge in [-0.1, -0.05) is 56.3 Å². The molecule has 0 bridgehead atoms. The topological polar surface area (TPSA) is 67.4 Å². The maximum absolute atomic E-state index is 12.8. The van der Waals surface area contributed by atoms with Gasteiger partial charge in [-0.2, -0.15) is 0 Å². The molecule has 2 aromatic rings. The molecule has 2 aliphatic rings. The summed E-state index contributed by atoms with van der Waals surface area (Å²) in [5, 5.41) is 5.74. The quantitative estimate of drug-likeness (QED) is 0.838. The van der Waals surface area contributed by atoms with Gasteiger partial charge in [0.15, 0.2) is 5.78 Å². The molecule has 1 atom stereocenters. The van der Waals surface area contributed by atoms with Gasteiger partial charge in [-0.05, 0) is 35.1 Å². The molecule has 28 heavy (non-hydrogen) atoms. The first-order chi connectivity index (χ1) is 13.4. The van der Waals surface area contributed by atoms with Crippen LogP contribution < -0.4 is 15.4 Å². The maximum atomic E-state index is 12.8. The molecule has 0 unspecified atom stereocenters. The molecule has 0 radical (unpaired) electrons. The fourth-order valence-corrected chi connectivity index (χ4v) is 3.90. The van der Waals surface area contributed by atoms with Crippen LogP contribution >= 0.6 is 0 Å². The van der Waals surface area contributed by atoms with Crippen LogP contribution in [0.25, 0.3) is 0 Å². The highest BCUT2D eigenvalue weighted by Crippen LogP contribution is 2.41. The van der Waals surface area contributed by atoms with Gasteiger partial charge >= 0.3 is 6.03 Å². The van der Waals surface area contributed by atoms with Crippen molar-refractivity contribution >= 4 is 11.8 Å². The molecule has 0 aromatic heterocycles. The molecule has 1 aliphatic heterocycles. The third-order valence-corrected chi connectivity index (χ3v) is 5.21. The van der Waals surface area contributed by atoms with E-state index in [-0.39, 0.29) is 17.2 Å². The number of Topliss-reactive ketones (excluding diaryl/α,β-unsaturated/α-hetero) is 1. The van der Waals surface area contributed by atoms with Gasteiger partial charge in [-0.3, -0.25) is 4.79 Å². The predicted octanol–water partition coefficient (Wildman–Crippen LogP) is 4.26. The second-order valence-electron chi connectivity index (χ2n) is 8.21. The summed E-state index contributed by atoms with van der Waals surface area (Å²) in [6.45, 7) is 4.60. The average molecular weight is 376 g/mol. The monoisotopic (exact) mass is 376 g/mol. The van der Waals surface area contributed by atoms with Gasteiger partial charge in [0.05, 0.1) is 6.04 Å². The molecule has 0 saturated carbocycles. The number of hydrogen-bond donors (Lipinski definition) is 2. The van der Waals surface area contributed by atoms with E-state index in [1.165, 1.54) is 0 Å².